The van der Waals surface area contributed by atoms with Gasteiger partial charge in [-0.2, -0.15) is 0 Å². The molecule has 3 N–H and O–H groups in total. The van der Waals surface area contributed by atoms with E-state index in [1.54, 1.807) is 6.92 Å². The first-order valence-corrected chi connectivity index (χ1v) is 12.0. The van der Waals surface area contributed by atoms with Crippen LogP contribution < -0.4 is 5.32 Å². The lowest BCUT2D eigenvalue weighted by molar-refractivity contribution is -0.159. The molecule has 0 saturated carbocycles. The molecule has 1 fully saturated rings. The van der Waals surface area contributed by atoms with Crippen molar-refractivity contribution in [2.75, 3.05) is 51.7 Å². The van der Waals surface area contributed by atoms with Gasteiger partial charge in [-0.1, -0.05) is 30.3 Å². The van der Waals surface area contributed by atoms with Gasteiger partial charge in [-0.15, -0.1) is 11.3 Å². The summed E-state index contributed by atoms with van der Waals surface area (Å²) in [5.41, 5.74) is 2.05. The average molecular weight is 556 g/mol. The maximum absolute atomic E-state index is 12.7. The third kappa shape index (κ3) is 7.90. The Labute approximate surface area is 209 Å². The number of benzene rings is 1. The minimum absolute atomic E-state index is 0.122. The number of halogens is 1. The van der Waals surface area contributed by atoms with E-state index in [1.807, 2.05) is 30.3 Å². The standard InChI is InChI=1S/C20H24BrN3O3S.C2H2O4/c1-3-27-20(26)17-16(14-7-5-4-6-8-14)18(21)28-19(17)22-15(25)13-24-11-9-23(2)10-12-24;3-1(4)2(5)6/h4-8H,3,9-13H2,1-2H3,(H,22,25);(H,3,4)(H,5,6). The zero-order valence-corrected chi connectivity index (χ0v) is 21.1. The molecule has 1 aliphatic heterocycles. The van der Waals surface area contributed by atoms with E-state index in [1.165, 1.54) is 11.3 Å². The highest BCUT2D eigenvalue weighted by atomic mass is 79.9. The summed E-state index contributed by atoms with van der Waals surface area (Å²) in [6.45, 7) is 5.97. The quantitative estimate of drug-likeness (QED) is 0.362. The number of anilines is 1. The predicted molar refractivity (Wildman–Crippen MR) is 131 cm³/mol. The number of carbonyl (C=O) groups is 4. The van der Waals surface area contributed by atoms with Crippen molar-refractivity contribution in [3.8, 4) is 11.1 Å². The zero-order valence-electron chi connectivity index (χ0n) is 18.7. The summed E-state index contributed by atoms with van der Waals surface area (Å²) in [4.78, 5) is 47.9. The topological polar surface area (TPSA) is 136 Å². The SMILES string of the molecule is CCOC(=O)c1c(NC(=O)CN2CCN(C)CC2)sc(Br)c1-c1ccccc1.O=C(O)C(=O)O. The maximum atomic E-state index is 12.7. The van der Waals surface area contributed by atoms with Gasteiger partial charge in [0.05, 0.1) is 16.9 Å². The molecule has 1 saturated heterocycles. The van der Waals surface area contributed by atoms with E-state index in [-0.39, 0.29) is 12.5 Å². The van der Waals surface area contributed by atoms with Crippen LogP contribution >= 0.6 is 27.3 Å². The van der Waals surface area contributed by atoms with Gasteiger partial charge in [-0.25, -0.2) is 14.4 Å². The zero-order chi connectivity index (χ0) is 25.3. The number of amides is 1. The summed E-state index contributed by atoms with van der Waals surface area (Å²) in [5.74, 6) is -4.20. The second kappa shape index (κ2) is 13.2. The van der Waals surface area contributed by atoms with Crippen LogP contribution in [-0.2, 0) is 19.1 Å². The van der Waals surface area contributed by atoms with Gasteiger partial charge in [-0.05, 0) is 35.5 Å². The van der Waals surface area contributed by atoms with E-state index in [0.717, 1.165) is 41.1 Å². The number of hydrogen-bond acceptors (Lipinski definition) is 8. The van der Waals surface area contributed by atoms with Crippen molar-refractivity contribution in [3.05, 3.63) is 39.7 Å². The first-order valence-electron chi connectivity index (χ1n) is 10.4. The third-order valence-corrected chi connectivity index (χ3v) is 6.58. The van der Waals surface area contributed by atoms with Gasteiger partial charge in [0.25, 0.3) is 0 Å². The molecule has 2 heterocycles. The van der Waals surface area contributed by atoms with Gasteiger partial charge in [0, 0.05) is 31.7 Å². The highest BCUT2D eigenvalue weighted by Crippen LogP contribution is 2.44. The Morgan fingerprint density at radius 2 is 1.65 bits per heavy atom. The van der Waals surface area contributed by atoms with E-state index in [9.17, 15) is 9.59 Å². The number of carbonyl (C=O) groups excluding carboxylic acids is 2. The van der Waals surface area contributed by atoms with Gasteiger partial charge < -0.3 is 25.2 Å². The Balaban J connectivity index is 0.000000604. The molecule has 0 spiro atoms. The molecular weight excluding hydrogens is 530 g/mol. The normalized spacial score (nSPS) is 14.0. The fourth-order valence-corrected chi connectivity index (χ4v) is 4.99. The molecule has 184 valence electrons. The lowest BCUT2D eigenvalue weighted by Gasteiger charge is -2.31. The first-order chi connectivity index (χ1) is 16.1. The van der Waals surface area contributed by atoms with Crippen LogP contribution in [0.15, 0.2) is 34.1 Å². The van der Waals surface area contributed by atoms with Crippen LogP contribution in [0.3, 0.4) is 0 Å². The number of aliphatic carboxylic acids is 2. The molecule has 1 aliphatic rings. The van der Waals surface area contributed by atoms with E-state index >= 15 is 0 Å². The molecule has 2 aromatic rings. The van der Waals surface area contributed by atoms with Gasteiger partial charge in [0.2, 0.25) is 5.91 Å². The molecule has 12 heteroatoms. The fourth-order valence-electron chi connectivity index (χ4n) is 3.13. The molecule has 1 aromatic heterocycles. The van der Waals surface area contributed by atoms with Crippen molar-refractivity contribution in [1.29, 1.82) is 0 Å². The molecule has 0 bridgehead atoms. The van der Waals surface area contributed by atoms with Crippen molar-refractivity contribution < 1.29 is 34.1 Å². The summed E-state index contributed by atoms with van der Waals surface area (Å²) < 4.78 is 6.06. The van der Waals surface area contributed by atoms with Crippen molar-refractivity contribution in [3.63, 3.8) is 0 Å². The Morgan fingerprint density at radius 1 is 1.06 bits per heavy atom. The summed E-state index contributed by atoms with van der Waals surface area (Å²) in [6, 6.07) is 9.63. The monoisotopic (exact) mass is 555 g/mol. The van der Waals surface area contributed by atoms with Gasteiger partial charge in [0.15, 0.2) is 0 Å². The number of thiophene rings is 1. The van der Waals surface area contributed by atoms with Crippen LogP contribution in [-0.4, -0.2) is 90.2 Å². The van der Waals surface area contributed by atoms with Gasteiger partial charge in [0.1, 0.15) is 10.6 Å². The van der Waals surface area contributed by atoms with Gasteiger partial charge >= 0.3 is 17.9 Å². The van der Waals surface area contributed by atoms with Gasteiger partial charge in [-0.3, -0.25) is 9.69 Å². The molecule has 0 atom stereocenters. The van der Waals surface area contributed by atoms with E-state index in [0.29, 0.717) is 17.1 Å². The lowest BCUT2D eigenvalue weighted by atomic mass is 10.0. The second-order valence-electron chi connectivity index (χ2n) is 7.28. The van der Waals surface area contributed by atoms with Crippen LogP contribution in [0.5, 0.6) is 0 Å². The smallest absolute Gasteiger partial charge is 0.414 e. The number of rotatable bonds is 6. The molecule has 0 unspecified atom stereocenters. The van der Waals surface area contributed by atoms with E-state index in [2.05, 4.69) is 38.1 Å². The highest BCUT2D eigenvalue weighted by molar-refractivity contribution is 9.11. The number of hydrogen-bond donors (Lipinski definition) is 3. The first kappa shape index (κ1) is 27.4. The number of piperazine rings is 1. The van der Waals surface area contributed by atoms with Crippen LogP contribution in [0, 0.1) is 0 Å². The Hall–Kier alpha value is -2.80. The molecular formula is C22H26BrN3O7S. The second-order valence-corrected chi connectivity index (χ2v) is 9.62. The summed E-state index contributed by atoms with van der Waals surface area (Å²) in [7, 11) is 2.08. The summed E-state index contributed by atoms with van der Waals surface area (Å²) in [6.07, 6.45) is 0. The Kier molecular flexibility index (Phi) is 10.6. The van der Waals surface area contributed by atoms with Crippen molar-refractivity contribution in [2.24, 2.45) is 0 Å². The molecule has 10 nitrogen and oxygen atoms in total. The summed E-state index contributed by atoms with van der Waals surface area (Å²) in [5, 5.41) is 18.2. The number of nitrogens with one attached hydrogen (secondary N) is 1. The molecule has 0 radical (unpaired) electrons. The predicted octanol–water partition coefficient (Wildman–Crippen LogP) is 2.70. The van der Waals surface area contributed by atoms with E-state index < -0.39 is 17.9 Å². The maximum Gasteiger partial charge on any atom is 0.414 e. The average Bonchev–Trinajstić information content (AvgIpc) is 3.11. The van der Waals surface area contributed by atoms with Crippen molar-refractivity contribution in [2.45, 2.75) is 6.92 Å². The Bertz CT molecular complexity index is 1010. The summed E-state index contributed by atoms with van der Waals surface area (Å²) >= 11 is 4.90. The number of likely N-dealkylation sites (N-methyl/N-ethyl adjacent to an activating group) is 1. The lowest BCUT2D eigenvalue weighted by Crippen LogP contribution is -2.47. The minimum atomic E-state index is -1.82. The van der Waals surface area contributed by atoms with Crippen LogP contribution in [0.2, 0.25) is 0 Å². The molecule has 0 aliphatic carbocycles. The number of carboxylic acids is 2. The van der Waals surface area contributed by atoms with Crippen LogP contribution in [0.1, 0.15) is 17.3 Å². The van der Waals surface area contributed by atoms with Crippen LogP contribution in [0.25, 0.3) is 11.1 Å². The number of carboxylic acid groups (broad SMARTS) is 2. The van der Waals surface area contributed by atoms with Crippen molar-refractivity contribution >= 4 is 56.1 Å². The molecule has 1 aromatic carbocycles. The third-order valence-electron chi connectivity index (χ3n) is 4.81. The molecule has 34 heavy (non-hydrogen) atoms. The fraction of sp³-hybridized carbons (Fsp3) is 0.364. The highest BCUT2D eigenvalue weighted by Gasteiger charge is 2.27. The number of esters is 1. The Morgan fingerprint density at radius 3 is 2.18 bits per heavy atom. The minimum Gasteiger partial charge on any atom is -0.473 e. The number of ether oxygens (including phenoxy) is 1. The number of nitrogens with zero attached hydrogens (tertiary/aromatic N) is 2. The van der Waals surface area contributed by atoms with Crippen molar-refractivity contribution in [1.82, 2.24) is 9.80 Å². The van der Waals surface area contributed by atoms with E-state index in [4.69, 9.17) is 24.5 Å². The van der Waals surface area contributed by atoms with Crippen LogP contribution in [0.4, 0.5) is 5.00 Å². The molecule has 1 amide bonds. The largest absolute Gasteiger partial charge is 0.473 e. The molecule has 3 rings (SSSR count).